The van der Waals surface area contributed by atoms with Crippen LogP contribution in [-0.4, -0.2) is 66.9 Å². The zero-order chi connectivity index (χ0) is 29.8. The van der Waals surface area contributed by atoms with E-state index in [2.05, 4.69) is 54.1 Å². The van der Waals surface area contributed by atoms with Crippen molar-refractivity contribution in [1.82, 2.24) is 35.5 Å². The first-order valence-electron chi connectivity index (χ1n) is 13.5. The van der Waals surface area contributed by atoms with Crippen molar-refractivity contribution in [2.75, 3.05) is 12.4 Å². The Balaban J connectivity index is 1.66. The summed E-state index contributed by atoms with van der Waals surface area (Å²) in [5.74, 6) is 0.0519. The Bertz CT molecular complexity index is 1490. The van der Waals surface area contributed by atoms with Gasteiger partial charge in [-0.3, -0.25) is 19.3 Å². The maximum atomic E-state index is 13.9. The number of rotatable bonds is 10. The van der Waals surface area contributed by atoms with Crippen LogP contribution in [0.1, 0.15) is 56.7 Å². The number of aliphatic hydroxyl groups excluding tert-OH is 1. The van der Waals surface area contributed by atoms with Crippen molar-refractivity contribution in [3.63, 3.8) is 0 Å². The van der Waals surface area contributed by atoms with E-state index in [0.717, 1.165) is 5.56 Å². The minimum absolute atomic E-state index is 0.113. The lowest BCUT2D eigenvalue weighted by molar-refractivity contribution is -0.139. The van der Waals surface area contributed by atoms with Crippen molar-refractivity contribution >= 4 is 56.3 Å². The van der Waals surface area contributed by atoms with Crippen molar-refractivity contribution in [1.29, 1.82) is 5.41 Å². The summed E-state index contributed by atoms with van der Waals surface area (Å²) in [6.45, 7) is 7.42. The van der Waals surface area contributed by atoms with Gasteiger partial charge >= 0.3 is 0 Å². The van der Waals surface area contributed by atoms with Gasteiger partial charge in [0.05, 0.1) is 29.2 Å². The Hall–Kier alpha value is -3.68. The Labute approximate surface area is 247 Å². The predicted molar refractivity (Wildman–Crippen MR) is 161 cm³/mol. The molecule has 0 spiro atoms. The van der Waals surface area contributed by atoms with Crippen LogP contribution in [0.2, 0.25) is 0 Å². The summed E-state index contributed by atoms with van der Waals surface area (Å²) in [7, 11) is 1.71. The van der Waals surface area contributed by atoms with Crippen molar-refractivity contribution in [3.8, 4) is 0 Å². The number of aliphatic hydroxyl groups is 1. The fourth-order valence-electron chi connectivity index (χ4n) is 5.38. The summed E-state index contributed by atoms with van der Waals surface area (Å²) >= 11 is 3.35. The smallest absolute Gasteiger partial charge is 0.248 e. The van der Waals surface area contributed by atoms with Gasteiger partial charge < -0.3 is 26.2 Å². The number of nitrogens with one attached hydrogen (secondary N) is 4. The van der Waals surface area contributed by atoms with Crippen LogP contribution in [0.3, 0.4) is 0 Å². The summed E-state index contributed by atoms with van der Waals surface area (Å²) in [6, 6.07) is 4.64. The number of anilines is 1. The maximum Gasteiger partial charge on any atom is 0.248 e. The predicted octanol–water partition coefficient (Wildman–Crippen LogP) is 3.32. The van der Waals surface area contributed by atoms with Crippen LogP contribution in [0.4, 0.5) is 5.82 Å². The summed E-state index contributed by atoms with van der Waals surface area (Å²) in [6.07, 6.45) is 4.70. The lowest BCUT2D eigenvalue weighted by Gasteiger charge is -2.30. The van der Waals surface area contributed by atoms with E-state index in [4.69, 9.17) is 5.41 Å². The van der Waals surface area contributed by atoms with E-state index < -0.39 is 12.1 Å². The first-order valence-corrected chi connectivity index (χ1v) is 14.3. The monoisotopic (exact) mass is 625 g/mol. The molecule has 1 fully saturated rings. The molecule has 1 aliphatic heterocycles. The Morgan fingerprint density at radius 1 is 1.34 bits per heavy atom. The SMILES string of the molecule is CC[C@@H]1[C@@H](C)C[C@@H](C(=O)Nc2nc(Br)ccc2C)N1C(=O)Cn1nc(C(C)O)c2cc(/C(C=N)=C/NNC)ncc21. The maximum absolute atomic E-state index is 13.9. The number of fused-ring (bicyclic) bond motifs is 1. The number of carbonyl (C=O) groups excluding carboxylic acids is 2. The van der Waals surface area contributed by atoms with Crippen LogP contribution >= 0.6 is 15.9 Å². The Morgan fingerprint density at radius 3 is 2.76 bits per heavy atom. The Morgan fingerprint density at radius 2 is 2.10 bits per heavy atom. The fourth-order valence-corrected chi connectivity index (χ4v) is 5.69. The van der Waals surface area contributed by atoms with Gasteiger partial charge in [-0.1, -0.05) is 19.9 Å². The van der Waals surface area contributed by atoms with E-state index in [-0.39, 0.29) is 30.3 Å². The molecule has 218 valence electrons. The molecule has 3 aromatic rings. The number of hydrogen-bond acceptors (Lipinski definition) is 9. The second-order valence-electron chi connectivity index (χ2n) is 10.2. The third-order valence-corrected chi connectivity index (χ3v) is 7.87. The van der Waals surface area contributed by atoms with Crippen LogP contribution in [0.15, 0.2) is 35.2 Å². The van der Waals surface area contributed by atoms with E-state index in [9.17, 15) is 14.7 Å². The van der Waals surface area contributed by atoms with Gasteiger partial charge in [0.15, 0.2) is 0 Å². The number of likely N-dealkylation sites (tertiary alicyclic amines) is 1. The summed E-state index contributed by atoms with van der Waals surface area (Å²) in [5.41, 5.74) is 8.42. The summed E-state index contributed by atoms with van der Waals surface area (Å²) < 4.78 is 2.14. The second kappa shape index (κ2) is 12.9. The number of nitrogens with zero attached hydrogens (tertiary/aromatic N) is 5. The van der Waals surface area contributed by atoms with Gasteiger partial charge in [-0.15, -0.1) is 0 Å². The lowest BCUT2D eigenvalue weighted by Crippen LogP contribution is -2.48. The number of pyridine rings is 2. The van der Waals surface area contributed by atoms with Gasteiger partial charge in [0.25, 0.3) is 0 Å². The molecule has 4 atom stereocenters. The third-order valence-electron chi connectivity index (χ3n) is 7.43. The summed E-state index contributed by atoms with van der Waals surface area (Å²) in [4.78, 5) is 38.0. The van der Waals surface area contributed by atoms with Gasteiger partial charge in [0.1, 0.15) is 23.0 Å². The van der Waals surface area contributed by atoms with Crippen LogP contribution in [0.25, 0.3) is 16.5 Å². The molecule has 1 saturated heterocycles. The molecule has 2 amide bonds. The number of aromatic nitrogens is 4. The molecule has 0 radical (unpaired) electrons. The molecule has 0 aromatic carbocycles. The average Bonchev–Trinajstić information content (AvgIpc) is 3.48. The first kappa shape index (κ1) is 30.3. The van der Waals surface area contributed by atoms with E-state index in [0.29, 0.717) is 51.1 Å². The largest absolute Gasteiger partial charge is 0.387 e. The van der Waals surface area contributed by atoms with Gasteiger partial charge in [-0.05, 0) is 66.2 Å². The average molecular weight is 627 g/mol. The molecule has 4 rings (SSSR count). The molecule has 1 unspecified atom stereocenters. The number of carbonyl (C=O) groups is 2. The van der Waals surface area contributed by atoms with E-state index in [1.54, 1.807) is 43.4 Å². The lowest BCUT2D eigenvalue weighted by atomic mass is 9.99. The van der Waals surface area contributed by atoms with Crippen molar-refractivity contribution < 1.29 is 14.7 Å². The quantitative estimate of drug-likeness (QED) is 0.130. The molecule has 5 N–H and O–H groups in total. The molecule has 0 saturated carbocycles. The highest BCUT2D eigenvalue weighted by atomic mass is 79.9. The standard InChI is InChI=1S/C28H36BrN9O3/c1-6-21-16(3)9-22(28(41)35-27-15(2)7-8-24(29)34-27)38(21)25(40)14-37-23-13-32-20(18(11-30)12-33-31-5)10-19(23)26(36-37)17(4)39/h7-8,10-13,16-17,21-22,30-31,33,39H,6,9,14H2,1-5H3,(H,34,35,41)/b18-12+,30-11?/t16-,17?,21+,22-/m0/s1. The topological polar surface area (TPSA) is 161 Å². The molecule has 0 bridgehead atoms. The molecule has 41 heavy (non-hydrogen) atoms. The molecular weight excluding hydrogens is 590 g/mol. The zero-order valence-electron chi connectivity index (χ0n) is 23.8. The zero-order valence-corrected chi connectivity index (χ0v) is 25.4. The van der Waals surface area contributed by atoms with Crippen LogP contribution < -0.4 is 16.2 Å². The van der Waals surface area contributed by atoms with Gasteiger partial charge in [-0.25, -0.2) is 10.4 Å². The van der Waals surface area contributed by atoms with Crippen molar-refractivity contribution in [2.24, 2.45) is 5.92 Å². The number of allylic oxidation sites excluding steroid dienone is 1. The van der Waals surface area contributed by atoms with E-state index in [1.165, 1.54) is 10.9 Å². The third kappa shape index (κ3) is 6.31. The number of amides is 2. The normalized spacial score (nSPS) is 19.8. The van der Waals surface area contributed by atoms with Gasteiger partial charge in [0.2, 0.25) is 11.8 Å². The summed E-state index contributed by atoms with van der Waals surface area (Å²) in [5, 5.41) is 26.4. The Kier molecular flexibility index (Phi) is 9.51. The highest BCUT2D eigenvalue weighted by Gasteiger charge is 2.44. The highest BCUT2D eigenvalue weighted by Crippen LogP contribution is 2.34. The van der Waals surface area contributed by atoms with Gasteiger partial charge in [0, 0.05) is 36.5 Å². The van der Waals surface area contributed by atoms with E-state index >= 15 is 0 Å². The molecule has 3 aromatic heterocycles. The fraction of sp³-hybridized carbons (Fsp3) is 0.429. The molecule has 1 aliphatic rings. The second-order valence-corrected chi connectivity index (χ2v) is 11.1. The number of halogens is 1. The van der Waals surface area contributed by atoms with Crippen molar-refractivity contribution in [3.05, 3.63) is 52.2 Å². The molecule has 0 aliphatic carbocycles. The van der Waals surface area contributed by atoms with Crippen molar-refractivity contribution in [2.45, 2.75) is 65.3 Å². The van der Waals surface area contributed by atoms with Gasteiger partial charge in [-0.2, -0.15) is 5.10 Å². The molecular formula is C28H36BrN9O3. The molecule has 4 heterocycles. The van der Waals surface area contributed by atoms with Crippen LogP contribution in [0.5, 0.6) is 0 Å². The minimum atomic E-state index is -0.901. The molecule has 13 heteroatoms. The van der Waals surface area contributed by atoms with Crippen LogP contribution in [0, 0.1) is 18.3 Å². The number of hydrogen-bond donors (Lipinski definition) is 5. The minimum Gasteiger partial charge on any atom is -0.387 e. The van der Waals surface area contributed by atoms with Crippen LogP contribution in [-0.2, 0) is 16.1 Å². The van der Waals surface area contributed by atoms with E-state index in [1.807, 2.05) is 19.9 Å². The number of hydrazine groups is 1. The highest BCUT2D eigenvalue weighted by molar-refractivity contribution is 9.10. The molecule has 12 nitrogen and oxygen atoms in total. The number of aryl methyl sites for hydroxylation is 1. The first-order chi connectivity index (χ1) is 19.6.